The molecule has 26 heavy (non-hydrogen) atoms. The monoisotopic (exact) mass is 360 g/mol. The van der Waals surface area contributed by atoms with Gasteiger partial charge in [0.15, 0.2) is 0 Å². The van der Waals surface area contributed by atoms with Gasteiger partial charge >= 0.3 is 5.97 Å². The van der Waals surface area contributed by atoms with Gasteiger partial charge < -0.3 is 9.52 Å². The van der Waals surface area contributed by atoms with E-state index in [-0.39, 0.29) is 12.4 Å². The fraction of sp³-hybridized carbons (Fsp3) is 0.450. The van der Waals surface area contributed by atoms with Gasteiger partial charge in [-0.3, -0.25) is 14.6 Å². The molecule has 6 heteroatoms. The summed E-state index contributed by atoms with van der Waals surface area (Å²) in [5.41, 5.74) is 0.864. The number of carboxylic acid groups (broad SMARTS) is 1. The van der Waals surface area contributed by atoms with E-state index in [1.807, 2.05) is 24.0 Å². The van der Waals surface area contributed by atoms with Crippen LogP contribution in [0.5, 0.6) is 0 Å². The van der Waals surface area contributed by atoms with Crippen molar-refractivity contribution < 1.29 is 18.7 Å². The number of piperidine rings is 1. The number of likely N-dealkylation sites (tertiary alicyclic amines) is 1. The zero-order valence-corrected chi connectivity index (χ0v) is 15.0. The van der Waals surface area contributed by atoms with E-state index in [0.717, 1.165) is 56.1 Å². The Kier molecular flexibility index (Phi) is 6.06. The topological polar surface area (TPSA) is 56.9 Å². The highest BCUT2D eigenvalue weighted by atomic mass is 19.1. The van der Waals surface area contributed by atoms with Crippen LogP contribution in [0, 0.1) is 5.82 Å². The molecular formula is C20H25FN2O3. The van der Waals surface area contributed by atoms with Crippen LogP contribution in [0.25, 0.3) is 11.3 Å². The molecule has 2 aromatic rings. The molecule has 0 spiro atoms. The summed E-state index contributed by atoms with van der Waals surface area (Å²) in [6, 6.07) is 10.5. The SMILES string of the molecule is CCN(CC(=O)O)C1CCN(Cc2ccc(-c3ccc(F)cc3)o2)CC1. The van der Waals surface area contributed by atoms with E-state index in [0.29, 0.717) is 6.04 Å². The van der Waals surface area contributed by atoms with Crippen molar-refractivity contribution in [1.82, 2.24) is 9.80 Å². The van der Waals surface area contributed by atoms with Gasteiger partial charge in [0.25, 0.3) is 0 Å². The smallest absolute Gasteiger partial charge is 0.317 e. The molecule has 5 nitrogen and oxygen atoms in total. The number of carbonyl (C=O) groups is 1. The molecule has 1 saturated heterocycles. The van der Waals surface area contributed by atoms with Gasteiger partial charge in [-0.05, 0) is 55.8 Å². The molecule has 1 fully saturated rings. The van der Waals surface area contributed by atoms with Crippen molar-refractivity contribution in [2.24, 2.45) is 0 Å². The van der Waals surface area contributed by atoms with E-state index in [1.54, 1.807) is 12.1 Å². The van der Waals surface area contributed by atoms with E-state index < -0.39 is 5.97 Å². The van der Waals surface area contributed by atoms with Crippen molar-refractivity contribution in [3.63, 3.8) is 0 Å². The summed E-state index contributed by atoms with van der Waals surface area (Å²) in [7, 11) is 0. The van der Waals surface area contributed by atoms with Crippen LogP contribution in [0.2, 0.25) is 0 Å². The Morgan fingerprint density at radius 1 is 1.23 bits per heavy atom. The Morgan fingerprint density at radius 3 is 2.54 bits per heavy atom. The van der Waals surface area contributed by atoms with Gasteiger partial charge in [-0.2, -0.15) is 0 Å². The third kappa shape index (κ3) is 4.71. The van der Waals surface area contributed by atoms with Crippen LogP contribution in [0.15, 0.2) is 40.8 Å². The first-order valence-electron chi connectivity index (χ1n) is 9.08. The molecule has 1 aliphatic heterocycles. The van der Waals surface area contributed by atoms with Gasteiger partial charge in [-0.1, -0.05) is 6.92 Å². The minimum absolute atomic E-state index is 0.111. The summed E-state index contributed by atoms with van der Waals surface area (Å²) in [6.45, 7) is 5.46. The lowest BCUT2D eigenvalue weighted by molar-refractivity contribution is -0.139. The van der Waals surface area contributed by atoms with E-state index in [9.17, 15) is 9.18 Å². The molecule has 1 aromatic carbocycles. The summed E-state index contributed by atoms with van der Waals surface area (Å²) in [6.07, 6.45) is 1.93. The van der Waals surface area contributed by atoms with Crippen LogP contribution in [-0.4, -0.2) is 53.1 Å². The Hall–Kier alpha value is -2.18. The minimum atomic E-state index is -0.766. The first-order valence-corrected chi connectivity index (χ1v) is 9.08. The van der Waals surface area contributed by atoms with Crippen LogP contribution in [0.3, 0.4) is 0 Å². The summed E-state index contributed by atoms with van der Waals surface area (Å²) >= 11 is 0. The number of hydrogen-bond acceptors (Lipinski definition) is 4. The average molecular weight is 360 g/mol. The highest BCUT2D eigenvalue weighted by Gasteiger charge is 2.25. The summed E-state index contributed by atoms with van der Waals surface area (Å²) < 4.78 is 18.9. The summed E-state index contributed by atoms with van der Waals surface area (Å²) in [5.74, 6) is 0.611. The second kappa shape index (κ2) is 8.47. The Bertz CT molecular complexity index is 721. The molecule has 3 rings (SSSR count). The normalized spacial score (nSPS) is 16.3. The molecule has 0 aliphatic carbocycles. The lowest BCUT2D eigenvalue weighted by atomic mass is 10.0. The predicted octanol–water partition coefficient (Wildman–Crippen LogP) is 3.46. The fourth-order valence-corrected chi connectivity index (χ4v) is 3.57. The van der Waals surface area contributed by atoms with Crippen LogP contribution >= 0.6 is 0 Å². The lowest BCUT2D eigenvalue weighted by Crippen LogP contribution is -2.46. The highest BCUT2D eigenvalue weighted by molar-refractivity contribution is 5.69. The lowest BCUT2D eigenvalue weighted by Gasteiger charge is -2.37. The van der Waals surface area contributed by atoms with E-state index in [1.165, 1.54) is 12.1 Å². The van der Waals surface area contributed by atoms with Crippen molar-refractivity contribution >= 4 is 5.97 Å². The largest absolute Gasteiger partial charge is 0.480 e. The number of likely N-dealkylation sites (N-methyl/N-ethyl adjacent to an activating group) is 1. The van der Waals surface area contributed by atoms with Gasteiger partial charge in [-0.25, -0.2) is 4.39 Å². The third-order valence-electron chi connectivity index (χ3n) is 4.99. The van der Waals surface area contributed by atoms with Crippen LogP contribution in [-0.2, 0) is 11.3 Å². The molecule has 1 aromatic heterocycles. The predicted molar refractivity (Wildman–Crippen MR) is 97.3 cm³/mol. The summed E-state index contributed by atoms with van der Waals surface area (Å²) in [4.78, 5) is 15.3. The van der Waals surface area contributed by atoms with E-state index >= 15 is 0 Å². The molecule has 0 radical (unpaired) electrons. The first-order chi connectivity index (χ1) is 12.5. The molecule has 2 heterocycles. The number of hydrogen-bond donors (Lipinski definition) is 1. The quantitative estimate of drug-likeness (QED) is 0.819. The van der Waals surface area contributed by atoms with Gasteiger partial charge in [0.05, 0.1) is 13.1 Å². The van der Waals surface area contributed by atoms with Gasteiger partial charge in [0.1, 0.15) is 17.3 Å². The average Bonchev–Trinajstić information content (AvgIpc) is 3.09. The van der Waals surface area contributed by atoms with Gasteiger partial charge in [0, 0.05) is 24.7 Å². The van der Waals surface area contributed by atoms with Gasteiger partial charge in [-0.15, -0.1) is 0 Å². The van der Waals surface area contributed by atoms with E-state index in [2.05, 4.69) is 4.90 Å². The number of rotatable bonds is 7. The molecule has 140 valence electrons. The Labute approximate surface area is 153 Å². The van der Waals surface area contributed by atoms with Crippen molar-refractivity contribution in [1.29, 1.82) is 0 Å². The molecule has 1 aliphatic rings. The Balaban J connectivity index is 1.53. The maximum atomic E-state index is 13.0. The molecule has 0 atom stereocenters. The van der Waals surface area contributed by atoms with Crippen molar-refractivity contribution in [3.8, 4) is 11.3 Å². The molecule has 0 bridgehead atoms. The van der Waals surface area contributed by atoms with E-state index in [4.69, 9.17) is 9.52 Å². The second-order valence-electron chi connectivity index (χ2n) is 6.74. The maximum absolute atomic E-state index is 13.0. The molecular weight excluding hydrogens is 335 g/mol. The summed E-state index contributed by atoms with van der Waals surface area (Å²) in [5, 5.41) is 9.02. The zero-order valence-electron chi connectivity index (χ0n) is 15.0. The van der Waals surface area contributed by atoms with Gasteiger partial charge in [0.2, 0.25) is 0 Å². The minimum Gasteiger partial charge on any atom is -0.480 e. The molecule has 1 N–H and O–H groups in total. The van der Waals surface area contributed by atoms with Crippen molar-refractivity contribution in [2.45, 2.75) is 32.4 Å². The molecule has 0 saturated carbocycles. The van der Waals surface area contributed by atoms with Crippen molar-refractivity contribution in [2.75, 3.05) is 26.2 Å². The maximum Gasteiger partial charge on any atom is 0.317 e. The Morgan fingerprint density at radius 2 is 1.92 bits per heavy atom. The number of nitrogens with zero attached hydrogens (tertiary/aromatic N) is 2. The number of carboxylic acids is 1. The number of benzene rings is 1. The van der Waals surface area contributed by atoms with Crippen molar-refractivity contribution in [3.05, 3.63) is 48.0 Å². The molecule has 0 unspecified atom stereocenters. The molecule has 0 amide bonds. The first kappa shape index (κ1) is 18.6. The number of halogens is 1. The number of aliphatic carboxylic acids is 1. The van der Waals surface area contributed by atoms with Crippen LogP contribution < -0.4 is 0 Å². The zero-order chi connectivity index (χ0) is 18.5. The van der Waals surface area contributed by atoms with Crippen LogP contribution in [0.1, 0.15) is 25.5 Å². The third-order valence-corrected chi connectivity index (χ3v) is 4.99. The number of furan rings is 1. The van der Waals surface area contributed by atoms with Crippen LogP contribution in [0.4, 0.5) is 4.39 Å². The fourth-order valence-electron chi connectivity index (χ4n) is 3.57. The highest BCUT2D eigenvalue weighted by Crippen LogP contribution is 2.24. The second-order valence-corrected chi connectivity index (χ2v) is 6.74. The standard InChI is InChI=1S/C20H25FN2O3/c1-2-23(14-20(24)25)17-9-11-22(12-10-17)13-18-7-8-19(26-18)15-3-5-16(21)6-4-15/h3-8,17H,2,9-14H2,1H3,(H,24,25).